The molecule has 2 rings (SSSR count). The molecule has 2 aromatic rings. The lowest BCUT2D eigenvalue weighted by Crippen LogP contribution is -2.14. The van der Waals surface area contributed by atoms with Gasteiger partial charge in [0.1, 0.15) is 0 Å². The molecule has 0 radical (unpaired) electrons. The minimum Gasteiger partial charge on any atom is -0.396 e. The van der Waals surface area contributed by atoms with Gasteiger partial charge >= 0.3 is 0 Å². The third-order valence-electron chi connectivity index (χ3n) is 2.92. The first-order valence-electron chi connectivity index (χ1n) is 5.81. The molecule has 0 saturated heterocycles. The van der Waals surface area contributed by atoms with Crippen LogP contribution >= 0.6 is 23.2 Å². The fourth-order valence-corrected chi connectivity index (χ4v) is 2.26. The molecular formula is C14H13Cl2N3O. The van der Waals surface area contributed by atoms with Crippen molar-refractivity contribution in [3.8, 4) is 0 Å². The third kappa shape index (κ3) is 2.66. The van der Waals surface area contributed by atoms with E-state index in [2.05, 4.69) is 5.32 Å². The number of nitrogens with two attached hydrogens (primary N) is 2. The predicted octanol–water partition coefficient (Wildman–Crippen LogP) is 3.73. The number of rotatable bonds is 3. The van der Waals surface area contributed by atoms with Crippen LogP contribution in [0, 0.1) is 6.92 Å². The lowest BCUT2D eigenvalue weighted by atomic mass is 10.1. The Morgan fingerprint density at radius 3 is 2.55 bits per heavy atom. The van der Waals surface area contributed by atoms with Crippen molar-refractivity contribution in [2.75, 3.05) is 11.1 Å². The number of nitrogen functional groups attached to an aromatic ring is 1. The molecule has 1 amide bonds. The second kappa shape index (κ2) is 5.61. The van der Waals surface area contributed by atoms with Crippen LogP contribution in [0.2, 0.25) is 10.0 Å². The molecule has 6 heteroatoms. The van der Waals surface area contributed by atoms with Gasteiger partial charge in [0.2, 0.25) is 0 Å². The van der Waals surface area contributed by atoms with Crippen molar-refractivity contribution >= 4 is 46.2 Å². The molecule has 0 spiro atoms. The number of halogens is 2. The SMILES string of the molecule is Cc1ccc(Cl)c(Nc2cccc(C(N)=O)c2N)c1Cl. The van der Waals surface area contributed by atoms with Crippen molar-refractivity contribution in [3.63, 3.8) is 0 Å². The Balaban J connectivity index is 2.49. The lowest BCUT2D eigenvalue weighted by molar-refractivity contribution is 0.100. The van der Waals surface area contributed by atoms with Gasteiger partial charge in [0.25, 0.3) is 5.91 Å². The fraction of sp³-hybridized carbons (Fsp3) is 0.0714. The quantitative estimate of drug-likeness (QED) is 0.756. The summed E-state index contributed by atoms with van der Waals surface area (Å²) in [5.41, 5.74) is 13.6. The highest BCUT2D eigenvalue weighted by molar-refractivity contribution is 6.39. The highest BCUT2D eigenvalue weighted by Gasteiger charge is 2.13. The molecule has 0 fully saturated rings. The molecule has 4 nitrogen and oxygen atoms in total. The van der Waals surface area contributed by atoms with Crippen molar-refractivity contribution in [2.24, 2.45) is 5.73 Å². The van der Waals surface area contributed by atoms with Gasteiger partial charge in [-0.25, -0.2) is 0 Å². The van der Waals surface area contributed by atoms with Crippen LogP contribution in [-0.2, 0) is 0 Å². The summed E-state index contributed by atoms with van der Waals surface area (Å²) >= 11 is 12.4. The van der Waals surface area contributed by atoms with Crippen LogP contribution in [-0.4, -0.2) is 5.91 Å². The summed E-state index contributed by atoms with van der Waals surface area (Å²) in [6.07, 6.45) is 0. The van der Waals surface area contributed by atoms with Crippen LogP contribution in [0.1, 0.15) is 15.9 Å². The molecule has 0 aliphatic heterocycles. The highest BCUT2D eigenvalue weighted by Crippen LogP contribution is 2.36. The Bertz CT molecular complexity index is 686. The number of aryl methyl sites for hydroxylation is 1. The Hall–Kier alpha value is -1.91. The summed E-state index contributed by atoms with van der Waals surface area (Å²) < 4.78 is 0. The van der Waals surface area contributed by atoms with E-state index >= 15 is 0 Å². The summed E-state index contributed by atoms with van der Waals surface area (Å²) in [5, 5.41) is 4.01. The van der Waals surface area contributed by atoms with Gasteiger partial charge in [-0.3, -0.25) is 4.79 Å². The number of hydrogen-bond acceptors (Lipinski definition) is 3. The fourth-order valence-electron chi connectivity index (χ4n) is 1.79. The average Bonchev–Trinajstić information content (AvgIpc) is 2.40. The van der Waals surface area contributed by atoms with Crippen molar-refractivity contribution in [1.82, 2.24) is 0 Å². The van der Waals surface area contributed by atoms with Crippen LogP contribution in [0.4, 0.5) is 17.1 Å². The molecule has 0 atom stereocenters. The number of amides is 1. The maximum atomic E-state index is 11.3. The monoisotopic (exact) mass is 309 g/mol. The maximum absolute atomic E-state index is 11.3. The van der Waals surface area contributed by atoms with E-state index in [0.717, 1.165) is 5.56 Å². The Morgan fingerprint density at radius 1 is 1.20 bits per heavy atom. The summed E-state index contributed by atoms with van der Waals surface area (Å²) in [7, 11) is 0. The van der Waals surface area contributed by atoms with Gasteiger partial charge in [0.05, 0.1) is 32.7 Å². The molecule has 20 heavy (non-hydrogen) atoms. The number of carbonyl (C=O) groups is 1. The van der Waals surface area contributed by atoms with E-state index in [0.29, 0.717) is 21.4 Å². The molecule has 0 saturated carbocycles. The predicted molar refractivity (Wildman–Crippen MR) is 83.9 cm³/mol. The van der Waals surface area contributed by atoms with Crippen molar-refractivity contribution < 1.29 is 4.79 Å². The molecule has 0 aliphatic rings. The van der Waals surface area contributed by atoms with Crippen LogP contribution in [0.5, 0.6) is 0 Å². The molecule has 0 aliphatic carbocycles. The Kier molecular flexibility index (Phi) is 4.06. The van der Waals surface area contributed by atoms with Gasteiger partial charge in [0.15, 0.2) is 0 Å². The first-order chi connectivity index (χ1) is 9.41. The first kappa shape index (κ1) is 14.5. The van der Waals surface area contributed by atoms with Crippen LogP contribution in [0.3, 0.4) is 0 Å². The molecule has 0 aromatic heterocycles. The second-order valence-electron chi connectivity index (χ2n) is 4.31. The summed E-state index contributed by atoms with van der Waals surface area (Å²) in [6.45, 7) is 1.87. The molecule has 0 unspecified atom stereocenters. The normalized spacial score (nSPS) is 10.3. The van der Waals surface area contributed by atoms with Gasteiger partial charge in [-0.15, -0.1) is 0 Å². The molecule has 5 N–H and O–H groups in total. The molecular weight excluding hydrogens is 297 g/mol. The van der Waals surface area contributed by atoms with Gasteiger partial charge < -0.3 is 16.8 Å². The van der Waals surface area contributed by atoms with E-state index in [1.807, 2.05) is 13.0 Å². The van der Waals surface area contributed by atoms with E-state index in [-0.39, 0.29) is 11.3 Å². The van der Waals surface area contributed by atoms with E-state index in [1.54, 1.807) is 24.3 Å². The van der Waals surface area contributed by atoms with E-state index in [9.17, 15) is 4.79 Å². The third-order valence-corrected chi connectivity index (χ3v) is 3.72. The number of carbonyl (C=O) groups excluding carboxylic acids is 1. The number of benzene rings is 2. The zero-order chi connectivity index (χ0) is 14.9. The Morgan fingerprint density at radius 2 is 1.90 bits per heavy atom. The van der Waals surface area contributed by atoms with E-state index < -0.39 is 5.91 Å². The number of primary amides is 1. The van der Waals surface area contributed by atoms with Crippen molar-refractivity contribution in [3.05, 3.63) is 51.5 Å². The summed E-state index contributed by atoms with van der Waals surface area (Å²) in [4.78, 5) is 11.3. The largest absolute Gasteiger partial charge is 0.396 e. The van der Waals surface area contributed by atoms with Crippen molar-refractivity contribution in [2.45, 2.75) is 6.92 Å². The topological polar surface area (TPSA) is 81.1 Å². The first-order valence-corrected chi connectivity index (χ1v) is 6.57. The number of nitrogens with one attached hydrogen (secondary N) is 1. The van der Waals surface area contributed by atoms with Crippen molar-refractivity contribution in [1.29, 1.82) is 0 Å². The number of anilines is 3. The van der Waals surface area contributed by atoms with E-state index in [1.165, 1.54) is 0 Å². The van der Waals surface area contributed by atoms with Crippen LogP contribution in [0.25, 0.3) is 0 Å². The minimum atomic E-state index is -0.590. The second-order valence-corrected chi connectivity index (χ2v) is 5.09. The molecule has 0 bridgehead atoms. The number of para-hydroxylation sites is 1. The maximum Gasteiger partial charge on any atom is 0.250 e. The standard InChI is InChI=1S/C14H13Cl2N3O/c1-7-5-6-9(15)13(11(7)16)19-10-4-2-3-8(12(10)17)14(18)20/h2-6,19H,17H2,1H3,(H2,18,20). The van der Waals surface area contributed by atoms with Gasteiger partial charge in [-0.1, -0.05) is 35.3 Å². The number of hydrogen-bond donors (Lipinski definition) is 3. The average molecular weight is 310 g/mol. The zero-order valence-corrected chi connectivity index (χ0v) is 12.2. The van der Waals surface area contributed by atoms with Gasteiger partial charge in [0, 0.05) is 0 Å². The summed E-state index contributed by atoms with van der Waals surface area (Å²) in [5.74, 6) is -0.590. The lowest BCUT2D eigenvalue weighted by Gasteiger charge is -2.15. The zero-order valence-electron chi connectivity index (χ0n) is 10.7. The molecule has 104 valence electrons. The summed E-state index contributed by atoms with van der Waals surface area (Å²) in [6, 6.07) is 8.51. The van der Waals surface area contributed by atoms with Crippen LogP contribution < -0.4 is 16.8 Å². The van der Waals surface area contributed by atoms with Gasteiger partial charge in [-0.2, -0.15) is 0 Å². The van der Waals surface area contributed by atoms with E-state index in [4.69, 9.17) is 34.7 Å². The smallest absolute Gasteiger partial charge is 0.250 e. The molecule has 0 heterocycles. The molecule has 2 aromatic carbocycles. The Labute approximate surface area is 126 Å². The van der Waals surface area contributed by atoms with Gasteiger partial charge in [-0.05, 0) is 30.7 Å². The minimum absolute atomic E-state index is 0.245. The highest BCUT2D eigenvalue weighted by atomic mass is 35.5. The van der Waals surface area contributed by atoms with Crippen LogP contribution in [0.15, 0.2) is 30.3 Å².